The maximum absolute atomic E-state index is 11.9. The number of fused-ring (bicyclic) bond motifs is 1. The lowest BCUT2D eigenvalue weighted by Gasteiger charge is -2.27. The van der Waals surface area contributed by atoms with Gasteiger partial charge in [0.2, 0.25) is 17.8 Å². The van der Waals surface area contributed by atoms with Crippen LogP contribution in [0.25, 0.3) is 11.2 Å². The van der Waals surface area contributed by atoms with Crippen LogP contribution in [-0.4, -0.2) is 173 Å². The zero-order valence-corrected chi connectivity index (χ0v) is 41.9. The summed E-state index contributed by atoms with van der Waals surface area (Å²) in [6, 6.07) is 6.21. The number of hydrogen-bond donors (Lipinski definition) is 10. The molecule has 28 heteroatoms. The van der Waals surface area contributed by atoms with Crippen molar-refractivity contribution in [2.24, 2.45) is 11.8 Å². The molecule has 7 amide bonds. The average Bonchev–Trinajstić information content (AvgIpc) is 3.35. The quantitative estimate of drug-likeness (QED) is 0.0319. The first kappa shape index (κ1) is 63.3. The van der Waals surface area contributed by atoms with Gasteiger partial charge in [0, 0.05) is 84.7 Å². The molecule has 27 nitrogen and oxygen atoms in total. The fourth-order valence-electron chi connectivity index (χ4n) is 6.02. The largest absolute Gasteiger partial charge is 0.500 e. The lowest BCUT2D eigenvalue weighted by Crippen LogP contribution is -2.43. The van der Waals surface area contributed by atoms with Crippen molar-refractivity contribution in [2.75, 3.05) is 98.6 Å². The maximum atomic E-state index is 11.9. The van der Waals surface area contributed by atoms with Crippen LogP contribution in [0.4, 0.5) is 21.2 Å². The molecule has 3 aromatic rings. The standard InChI is InChI=1S/C28H53N5O13Si.C15H15N7O2.CH4/c1-21(25(36)37)7-9-23(34)31-27(40)29-11-16-45-18-14-33(13-6-20-47(42-3,43-4)44-5)15-19-46-17-12-30-28(41)32-24(35)10-8-22(2)26(38)39;1-17-13(23)8-2-4-9(5-3-8)18-6-10-7-19-12-11(20-10)14(24)22-15(16)21-12;/h21-22H,6-20H2,1-5H3,(H,36,37)(H,38,39)(H2,29,31,34,40)(H2,30,32,35,41);2-5,7,18H,6H2,1H3,(H,17,23)(H3,16,19,21,22,24);1H4. The van der Waals surface area contributed by atoms with E-state index in [2.05, 4.69) is 56.7 Å². The molecule has 72 heavy (non-hydrogen) atoms. The fourth-order valence-corrected chi connectivity index (χ4v) is 7.72. The third-order valence-electron chi connectivity index (χ3n) is 10.3. The Morgan fingerprint density at radius 1 is 0.778 bits per heavy atom. The molecule has 0 spiro atoms. The number of imide groups is 2. The summed E-state index contributed by atoms with van der Waals surface area (Å²) in [5.41, 5.74) is 7.34. The number of aromatic amines is 1. The van der Waals surface area contributed by atoms with E-state index in [4.69, 9.17) is 38.7 Å². The second kappa shape index (κ2) is 34.6. The summed E-state index contributed by atoms with van der Waals surface area (Å²) in [4.78, 5) is 109. The molecule has 2 atom stereocenters. The fraction of sp³-hybridized carbons (Fsp3) is 0.568. The number of anilines is 2. The van der Waals surface area contributed by atoms with Crippen LogP contribution >= 0.6 is 0 Å². The van der Waals surface area contributed by atoms with Crippen molar-refractivity contribution in [3.05, 3.63) is 52.1 Å². The van der Waals surface area contributed by atoms with E-state index in [0.717, 1.165) is 5.69 Å². The van der Waals surface area contributed by atoms with Crippen molar-refractivity contribution in [2.45, 2.75) is 66.0 Å². The third-order valence-corrected chi connectivity index (χ3v) is 13.2. The molecule has 0 bridgehead atoms. The van der Waals surface area contributed by atoms with Gasteiger partial charge in [-0.25, -0.2) is 19.6 Å². The van der Waals surface area contributed by atoms with E-state index in [-0.39, 0.29) is 82.4 Å². The van der Waals surface area contributed by atoms with Crippen molar-refractivity contribution < 1.29 is 66.5 Å². The number of ether oxygens (including phenoxy) is 2. The van der Waals surface area contributed by atoms with E-state index in [1.165, 1.54) is 20.0 Å². The number of nitrogens with one attached hydrogen (secondary N) is 7. The molecule has 0 saturated heterocycles. The smallest absolute Gasteiger partial charge is 0.481 e. The predicted molar refractivity (Wildman–Crippen MR) is 266 cm³/mol. The second-order valence-electron chi connectivity index (χ2n) is 15.6. The Bertz CT molecular complexity index is 2170. The second-order valence-corrected chi connectivity index (χ2v) is 18.7. The topological polar surface area (TPSA) is 379 Å². The SMILES string of the molecule is C.CNC(=O)c1ccc(NCc2cnc3nc(N)[nH]c(=O)c3n2)cc1.CO[Si](CCCN(CCOCCNC(=O)NC(=O)CCC(C)C(=O)O)CCOCCNC(=O)NC(=O)CCC(C)C(=O)O)(OC)OC. The van der Waals surface area contributed by atoms with E-state index in [0.29, 0.717) is 63.1 Å². The van der Waals surface area contributed by atoms with Crippen LogP contribution in [0.1, 0.15) is 69.4 Å². The van der Waals surface area contributed by atoms with E-state index < -0.39 is 62.0 Å². The molecular formula is C44H72N12O15Si. The van der Waals surface area contributed by atoms with Crippen molar-refractivity contribution >= 4 is 73.3 Å². The number of H-pyrrole nitrogens is 1. The van der Waals surface area contributed by atoms with Crippen LogP contribution in [0.15, 0.2) is 35.3 Å². The third kappa shape index (κ3) is 24.9. The molecule has 0 aliphatic heterocycles. The number of urea groups is 2. The number of nitrogens with zero attached hydrogens (tertiary/aromatic N) is 4. The number of benzene rings is 1. The normalized spacial score (nSPS) is 11.8. The zero-order chi connectivity index (χ0) is 52.8. The van der Waals surface area contributed by atoms with Crippen LogP contribution in [0.2, 0.25) is 6.04 Å². The van der Waals surface area contributed by atoms with Crippen LogP contribution in [-0.2, 0) is 48.5 Å². The number of nitrogen functional groups attached to an aromatic ring is 1. The molecule has 0 fully saturated rings. The predicted octanol–water partition coefficient (Wildman–Crippen LogP) is 1.15. The summed E-state index contributed by atoms with van der Waals surface area (Å²) in [5, 5.41) is 32.8. The Morgan fingerprint density at radius 2 is 1.29 bits per heavy atom. The van der Waals surface area contributed by atoms with Crippen molar-refractivity contribution in [1.82, 2.24) is 51.4 Å². The highest BCUT2D eigenvalue weighted by atomic mass is 28.4. The molecule has 3 rings (SSSR count). The highest BCUT2D eigenvalue weighted by Gasteiger charge is 2.37. The molecule has 0 aliphatic rings. The molecular weight excluding hydrogens is 965 g/mol. The van der Waals surface area contributed by atoms with Gasteiger partial charge in [0.15, 0.2) is 11.2 Å². The summed E-state index contributed by atoms with van der Waals surface area (Å²) >= 11 is 0. The first-order valence-electron chi connectivity index (χ1n) is 22.6. The molecule has 2 unspecified atom stereocenters. The van der Waals surface area contributed by atoms with Crippen LogP contribution in [0.3, 0.4) is 0 Å². The minimum atomic E-state index is -2.74. The number of aromatic nitrogens is 4. The Hall–Kier alpha value is -6.69. The minimum Gasteiger partial charge on any atom is -0.481 e. The van der Waals surface area contributed by atoms with Crippen molar-refractivity contribution in [3.8, 4) is 0 Å². The van der Waals surface area contributed by atoms with Gasteiger partial charge in [-0.15, -0.1) is 0 Å². The Kier molecular flexibility index (Phi) is 30.4. The molecule has 2 aromatic heterocycles. The lowest BCUT2D eigenvalue weighted by molar-refractivity contribution is -0.142. The number of amides is 7. The monoisotopic (exact) mass is 1040 g/mol. The molecule has 1 aromatic carbocycles. The van der Waals surface area contributed by atoms with Gasteiger partial charge in [0.05, 0.1) is 56.7 Å². The maximum Gasteiger partial charge on any atom is 0.500 e. The molecule has 402 valence electrons. The van der Waals surface area contributed by atoms with E-state index in [1.807, 2.05) is 0 Å². The highest BCUT2D eigenvalue weighted by molar-refractivity contribution is 6.60. The average molecular weight is 1040 g/mol. The summed E-state index contributed by atoms with van der Waals surface area (Å²) in [6.07, 6.45) is 2.33. The number of carboxylic acids is 2. The molecule has 0 aliphatic carbocycles. The molecule has 0 saturated carbocycles. The van der Waals surface area contributed by atoms with Crippen LogP contribution in [0, 0.1) is 11.8 Å². The number of aliphatic carboxylic acids is 2. The van der Waals surface area contributed by atoms with E-state index in [9.17, 15) is 38.4 Å². The minimum absolute atomic E-state index is 0. The number of rotatable bonds is 31. The van der Waals surface area contributed by atoms with Crippen molar-refractivity contribution in [1.29, 1.82) is 0 Å². The lowest BCUT2D eigenvalue weighted by atomic mass is 10.1. The summed E-state index contributed by atoms with van der Waals surface area (Å²) in [5.74, 6) is -4.65. The zero-order valence-electron chi connectivity index (χ0n) is 40.9. The van der Waals surface area contributed by atoms with Gasteiger partial charge < -0.3 is 60.0 Å². The van der Waals surface area contributed by atoms with Crippen LogP contribution < -0.4 is 43.2 Å². The van der Waals surface area contributed by atoms with E-state index >= 15 is 0 Å². The van der Waals surface area contributed by atoms with Gasteiger partial charge in [-0.3, -0.25) is 49.3 Å². The number of carboxylic acid groups (broad SMARTS) is 2. The highest BCUT2D eigenvalue weighted by Crippen LogP contribution is 2.16. The Morgan fingerprint density at radius 3 is 1.76 bits per heavy atom. The molecule has 11 N–H and O–H groups in total. The summed E-state index contributed by atoms with van der Waals surface area (Å²) in [7, 11) is 3.48. The Labute approximate surface area is 418 Å². The van der Waals surface area contributed by atoms with Gasteiger partial charge in [0.25, 0.3) is 11.5 Å². The van der Waals surface area contributed by atoms with Gasteiger partial charge in [-0.2, -0.15) is 4.98 Å². The van der Waals surface area contributed by atoms with Gasteiger partial charge in [-0.05, 0) is 50.1 Å². The van der Waals surface area contributed by atoms with Gasteiger partial charge in [0.1, 0.15) is 0 Å². The van der Waals surface area contributed by atoms with Gasteiger partial charge >= 0.3 is 32.8 Å². The van der Waals surface area contributed by atoms with E-state index in [1.54, 1.807) is 52.6 Å². The number of hydrogen-bond acceptors (Lipinski definition) is 19. The summed E-state index contributed by atoms with van der Waals surface area (Å²) < 4.78 is 27.7. The number of nitrogens with two attached hydrogens (primary N) is 1. The first-order valence-corrected chi connectivity index (χ1v) is 24.5. The first-order chi connectivity index (χ1) is 33.8. The number of carbonyl (C=O) groups excluding carboxylic acids is 5. The summed E-state index contributed by atoms with van der Waals surface area (Å²) in [6.45, 7) is 6.48. The van der Waals surface area contributed by atoms with Gasteiger partial charge in [-0.1, -0.05) is 21.3 Å². The van der Waals surface area contributed by atoms with Crippen molar-refractivity contribution in [3.63, 3.8) is 0 Å². The molecule has 2 heterocycles. The Balaban J connectivity index is 0.000000857. The molecule has 0 radical (unpaired) electrons. The van der Waals surface area contributed by atoms with Crippen LogP contribution in [0.5, 0.6) is 0 Å². The number of carbonyl (C=O) groups is 7.